The van der Waals surface area contributed by atoms with Gasteiger partial charge in [0.15, 0.2) is 0 Å². The summed E-state index contributed by atoms with van der Waals surface area (Å²) in [6.45, 7) is 2.98. The summed E-state index contributed by atoms with van der Waals surface area (Å²) in [4.78, 5) is 13.9. The highest BCUT2D eigenvalue weighted by molar-refractivity contribution is 9.10. The van der Waals surface area contributed by atoms with Crippen LogP contribution in [0, 0.1) is 0 Å². The van der Waals surface area contributed by atoms with Gasteiger partial charge in [0.05, 0.1) is 18.8 Å². The molecule has 4 nitrogen and oxygen atoms in total. The average Bonchev–Trinajstić information content (AvgIpc) is 2.49. The van der Waals surface area contributed by atoms with E-state index in [0.29, 0.717) is 11.7 Å². The molecule has 0 radical (unpaired) electrons. The summed E-state index contributed by atoms with van der Waals surface area (Å²) in [5, 5.41) is 0. The monoisotopic (exact) mass is 341 g/mol. The molecular formula is C15H20BrNO3. The van der Waals surface area contributed by atoms with Gasteiger partial charge in [0.2, 0.25) is 0 Å². The van der Waals surface area contributed by atoms with Crippen molar-refractivity contribution in [3.05, 3.63) is 33.8 Å². The molecule has 0 aliphatic carbocycles. The Balaban J connectivity index is 1.98. The highest BCUT2D eigenvalue weighted by Crippen LogP contribution is 2.23. The summed E-state index contributed by atoms with van der Waals surface area (Å²) in [5.74, 6) is -0.307. The van der Waals surface area contributed by atoms with E-state index in [2.05, 4.69) is 20.8 Å². The third-order valence-electron chi connectivity index (χ3n) is 3.74. The van der Waals surface area contributed by atoms with Crippen molar-refractivity contribution >= 4 is 21.9 Å². The first kappa shape index (κ1) is 15.5. The fraction of sp³-hybridized carbons (Fsp3) is 0.533. The zero-order chi connectivity index (χ0) is 14.5. The van der Waals surface area contributed by atoms with E-state index in [1.165, 1.54) is 12.7 Å². The molecule has 0 spiro atoms. The van der Waals surface area contributed by atoms with Gasteiger partial charge in [0.1, 0.15) is 0 Å². The van der Waals surface area contributed by atoms with E-state index in [0.717, 1.165) is 36.9 Å². The number of carbonyl (C=O) groups is 1. The van der Waals surface area contributed by atoms with E-state index >= 15 is 0 Å². The maximum atomic E-state index is 11.5. The molecule has 0 aromatic heterocycles. The summed E-state index contributed by atoms with van der Waals surface area (Å²) < 4.78 is 11.1. The fourth-order valence-electron chi connectivity index (χ4n) is 2.46. The van der Waals surface area contributed by atoms with Crippen molar-refractivity contribution in [3.63, 3.8) is 0 Å². The van der Waals surface area contributed by atoms with Crippen LogP contribution in [0.2, 0.25) is 0 Å². The Morgan fingerprint density at radius 2 is 2.05 bits per heavy atom. The SMILES string of the molecule is COC(=O)c1ccc(CN2CCC(OC)CC2)c(Br)c1. The minimum atomic E-state index is -0.307. The Bertz CT molecular complexity index is 470. The minimum absolute atomic E-state index is 0.307. The maximum absolute atomic E-state index is 11.5. The average molecular weight is 342 g/mol. The van der Waals surface area contributed by atoms with Gasteiger partial charge >= 0.3 is 5.97 Å². The normalized spacial score (nSPS) is 17.1. The lowest BCUT2D eigenvalue weighted by molar-refractivity contribution is 0.0388. The summed E-state index contributed by atoms with van der Waals surface area (Å²) in [6, 6.07) is 5.62. The summed E-state index contributed by atoms with van der Waals surface area (Å²) >= 11 is 3.54. The van der Waals surface area contributed by atoms with Crippen LogP contribution in [0.5, 0.6) is 0 Å². The van der Waals surface area contributed by atoms with Gasteiger partial charge in [-0.2, -0.15) is 0 Å². The second-order valence-electron chi connectivity index (χ2n) is 5.01. The number of piperidine rings is 1. The molecule has 0 saturated carbocycles. The van der Waals surface area contributed by atoms with Gasteiger partial charge in [-0.05, 0) is 30.5 Å². The van der Waals surface area contributed by atoms with Crippen molar-refractivity contribution in [2.24, 2.45) is 0 Å². The second-order valence-corrected chi connectivity index (χ2v) is 5.86. The molecule has 5 heteroatoms. The summed E-state index contributed by atoms with van der Waals surface area (Å²) in [7, 11) is 3.17. The van der Waals surface area contributed by atoms with Crippen molar-refractivity contribution in [1.29, 1.82) is 0 Å². The maximum Gasteiger partial charge on any atom is 0.337 e. The van der Waals surface area contributed by atoms with Crippen LogP contribution < -0.4 is 0 Å². The van der Waals surface area contributed by atoms with E-state index in [-0.39, 0.29) is 5.97 Å². The number of halogens is 1. The number of nitrogens with zero attached hydrogens (tertiary/aromatic N) is 1. The van der Waals surface area contributed by atoms with Crippen molar-refractivity contribution in [3.8, 4) is 0 Å². The van der Waals surface area contributed by atoms with Gasteiger partial charge < -0.3 is 9.47 Å². The highest BCUT2D eigenvalue weighted by atomic mass is 79.9. The lowest BCUT2D eigenvalue weighted by Crippen LogP contribution is -2.36. The van der Waals surface area contributed by atoms with E-state index in [1.54, 1.807) is 7.11 Å². The van der Waals surface area contributed by atoms with Gasteiger partial charge in [0, 0.05) is 31.2 Å². The molecule has 1 aliphatic rings. The zero-order valence-electron chi connectivity index (χ0n) is 11.9. The second kappa shape index (κ2) is 7.20. The van der Waals surface area contributed by atoms with Crippen LogP contribution in [0.4, 0.5) is 0 Å². The van der Waals surface area contributed by atoms with E-state index in [1.807, 2.05) is 18.2 Å². The summed E-state index contributed by atoms with van der Waals surface area (Å²) in [5.41, 5.74) is 1.76. The van der Waals surface area contributed by atoms with Crippen LogP contribution in [-0.4, -0.2) is 44.3 Å². The van der Waals surface area contributed by atoms with Gasteiger partial charge in [-0.3, -0.25) is 4.90 Å². The van der Waals surface area contributed by atoms with Crippen LogP contribution in [0.1, 0.15) is 28.8 Å². The number of hydrogen-bond donors (Lipinski definition) is 0. The Morgan fingerprint density at radius 3 is 2.60 bits per heavy atom. The number of esters is 1. The molecule has 20 heavy (non-hydrogen) atoms. The molecule has 1 aromatic carbocycles. The minimum Gasteiger partial charge on any atom is -0.465 e. The molecule has 0 atom stereocenters. The molecule has 1 heterocycles. The third-order valence-corrected chi connectivity index (χ3v) is 4.47. The van der Waals surface area contributed by atoms with Gasteiger partial charge in [-0.15, -0.1) is 0 Å². The first-order valence-corrected chi connectivity index (χ1v) is 7.55. The lowest BCUT2D eigenvalue weighted by Gasteiger charge is -2.31. The van der Waals surface area contributed by atoms with Crippen LogP contribution in [0.15, 0.2) is 22.7 Å². The molecule has 1 aromatic rings. The molecule has 1 saturated heterocycles. The molecule has 0 bridgehead atoms. The Labute approximate surface area is 128 Å². The van der Waals surface area contributed by atoms with Crippen molar-refractivity contribution in [1.82, 2.24) is 4.90 Å². The number of hydrogen-bond acceptors (Lipinski definition) is 4. The first-order valence-electron chi connectivity index (χ1n) is 6.76. The number of ether oxygens (including phenoxy) is 2. The molecule has 0 N–H and O–H groups in total. The Morgan fingerprint density at radius 1 is 1.35 bits per heavy atom. The molecule has 2 rings (SSSR count). The highest BCUT2D eigenvalue weighted by Gasteiger charge is 2.19. The number of rotatable bonds is 4. The molecule has 1 aliphatic heterocycles. The predicted octanol–water partition coefficient (Wildman–Crippen LogP) is 2.85. The van der Waals surface area contributed by atoms with E-state index < -0.39 is 0 Å². The largest absolute Gasteiger partial charge is 0.465 e. The van der Waals surface area contributed by atoms with Crippen LogP contribution >= 0.6 is 15.9 Å². The topological polar surface area (TPSA) is 38.8 Å². The lowest BCUT2D eigenvalue weighted by atomic mass is 10.1. The van der Waals surface area contributed by atoms with Gasteiger partial charge in [-0.25, -0.2) is 4.79 Å². The van der Waals surface area contributed by atoms with Gasteiger partial charge in [0.25, 0.3) is 0 Å². The Hall–Kier alpha value is -0.910. The smallest absolute Gasteiger partial charge is 0.337 e. The number of carbonyl (C=O) groups excluding carboxylic acids is 1. The predicted molar refractivity (Wildman–Crippen MR) is 80.8 cm³/mol. The van der Waals surface area contributed by atoms with Crippen molar-refractivity contribution in [2.75, 3.05) is 27.3 Å². The van der Waals surface area contributed by atoms with Crippen LogP contribution in [0.25, 0.3) is 0 Å². The molecule has 1 fully saturated rings. The quantitative estimate of drug-likeness (QED) is 0.789. The number of benzene rings is 1. The number of likely N-dealkylation sites (tertiary alicyclic amines) is 1. The molecule has 110 valence electrons. The number of methoxy groups -OCH3 is 2. The first-order chi connectivity index (χ1) is 9.63. The molecule has 0 amide bonds. The standard InChI is InChI=1S/C15H20BrNO3/c1-19-13-5-7-17(8-6-13)10-12-4-3-11(9-14(12)16)15(18)20-2/h3-4,9,13H,5-8,10H2,1-2H3. The van der Waals surface area contributed by atoms with Gasteiger partial charge in [-0.1, -0.05) is 22.0 Å². The summed E-state index contributed by atoms with van der Waals surface area (Å²) in [6.07, 6.45) is 2.55. The Kier molecular flexibility index (Phi) is 5.57. The van der Waals surface area contributed by atoms with Crippen LogP contribution in [-0.2, 0) is 16.0 Å². The molecule has 0 unspecified atom stereocenters. The van der Waals surface area contributed by atoms with Crippen LogP contribution in [0.3, 0.4) is 0 Å². The van der Waals surface area contributed by atoms with E-state index in [9.17, 15) is 4.79 Å². The van der Waals surface area contributed by atoms with E-state index in [4.69, 9.17) is 9.47 Å². The zero-order valence-corrected chi connectivity index (χ0v) is 13.5. The van der Waals surface area contributed by atoms with Crippen molar-refractivity contribution < 1.29 is 14.3 Å². The molecular weight excluding hydrogens is 322 g/mol. The third kappa shape index (κ3) is 3.81. The fourth-order valence-corrected chi connectivity index (χ4v) is 2.97. The van der Waals surface area contributed by atoms with Crippen molar-refractivity contribution in [2.45, 2.75) is 25.5 Å².